The SMILES string of the molecule is Cc1cc(C(=O)N[C@H](C(=O)O)c2ccccc2)c(=O)n(Cc2cccc(Cl)c2)c1C. The number of pyridine rings is 1. The molecule has 0 unspecified atom stereocenters. The predicted molar refractivity (Wildman–Crippen MR) is 115 cm³/mol. The molecule has 0 spiro atoms. The van der Waals surface area contributed by atoms with Crippen LogP contribution in [-0.4, -0.2) is 21.6 Å². The number of rotatable bonds is 6. The maximum atomic E-state index is 13.1. The Morgan fingerprint density at radius 1 is 1.07 bits per heavy atom. The van der Waals surface area contributed by atoms with Gasteiger partial charge in [0.25, 0.3) is 11.5 Å². The summed E-state index contributed by atoms with van der Waals surface area (Å²) in [5, 5.41) is 12.6. The molecule has 154 valence electrons. The van der Waals surface area contributed by atoms with Crippen LogP contribution in [0, 0.1) is 13.8 Å². The van der Waals surface area contributed by atoms with Gasteiger partial charge in [-0.1, -0.05) is 54.1 Å². The maximum Gasteiger partial charge on any atom is 0.330 e. The highest BCUT2D eigenvalue weighted by molar-refractivity contribution is 6.30. The van der Waals surface area contributed by atoms with E-state index >= 15 is 0 Å². The number of carboxylic acid groups (broad SMARTS) is 1. The smallest absolute Gasteiger partial charge is 0.330 e. The molecule has 1 heterocycles. The second kappa shape index (κ2) is 8.97. The van der Waals surface area contributed by atoms with Gasteiger partial charge in [0.2, 0.25) is 0 Å². The summed E-state index contributed by atoms with van der Waals surface area (Å²) >= 11 is 6.04. The van der Waals surface area contributed by atoms with Gasteiger partial charge in [0.15, 0.2) is 6.04 Å². The van der Waals surface area contributed by atoms with E-state index in [4.69, 9.17) is 11.6 Å². The molecule has 1 aromatic heterocycles. The Morgan fingerprint density at radius 2 is 1.77 bits per heavy atom. The van der Waals surface area contributed by atoms with E-state index in [1.807, 2.05) is 6.07 Å². The Balaban J connectivity index is 1.97. The minimum atomic E-state index is -1.26. The number of carboxylic acids is 1. The van der Waals surface area contributed by atoms with Gasteiger partial charge in [-0.3, -0.25) is 9.59 Å². The minimum Gasteiger partial charge on any atom is -0.479 e. The third kappa shape index (κ3) is 4.60. The Morgan fingerprint density at radius 3 is 2.40 bits per heavy atom. The zero-order valence-electron chi connectivity index (χ0n) is 16.6. The first-order valence-corrected chi connectivity index (χ1v) is 9.70. The van der Waals surface area contributed by atoms with Gasteiger partial charge in [-0.2, -0.15) is 0 Å². The molecule has 0 bridgehead atoms. The molecule has 0 saturated heterocycles. The number of nitrogens with zero attached hydrogens (tertiary/aromatic N) is 1. The molecule has 1 amide bonds. The van der Waals surface area contributed by atoms with Crippen molar-refractivity contribution in [1.29, 1.82) is 0 Å². The van der Waals surface area contributed by atoms with Gasteiger partial charge in [0, 0.05) is 10.7 Å². The lowest BCUT2D eigenvalue weighted by Gasteiger charge is -2.17. The molecule has 7 heteroatoms. The van der Waals surface area contributed by atoms with Crippen molar-refractivity contribution < 1.29 is 14.7 Å². The van der Waals surface area contributed by atoms with Gasteiger partial charge in [0.1, 0.15) is 5.56 Å². The largest absolute Gasteiger partial charge is 0.479 e. The number of nitrogens with one attached hydrogen (secondary N) is 1. The van der Waals surface area contributed by atoms with Crippen molar-refractivity contribution in [3.05, 3.63) is 104 Å². The van der Waals surface area contributed by atoms with Gasteiger partial charge >= 0.3 is 5.97 Å². The fraction of sp³-hybridized carbons (Fsp3) is 0.174. The molecule has 2 aromatic carbocycles. The molecule has 0 aliphatic heterocycles. The molecule has 0 aliphatic carbocycles. The molecule has 2 N–H and O–H groups in total. The Bertz CT molecular complexity index is 1160. The van der Waals surface area contributed by atoms with E-state index in [0.717, 1.165) is 16.8 Å². The second-order valence-electron chi connectivity index (χ2n) is 7.00. The minimum absolute atomic E-state index is 0.109. The molecule has 6 nitrogen and oxygen atoms in total. The molecular weight excluding hydrogens is 404 g/mol. The highest BCUT2D eigenvalue weighted by Gasteiger charge is 2.25. The molecule has 0 radical (unpaired) electrons. The van der Waals surface area contributed by atoms with Gasteiger partial charge < -0.3 is 15.0 Å². The fourth-order valence-electron chi connectivity index (χ4n) is 3.21. The van der Waals surface area contributed by atoms with E-state index in [2.05, 4.69) is 5.32 Å². The molecular formula is C23H21ClN2O4. The second-order valence-corrected chi connectivity index (χ2v) is 7.44. The highest BCUT2D eigenvalue weighted by Crippen LogP contribution is 2.16. The van der Waals surface area contributed by atoms with Crippen molar-refractivity contribution in [2.45, 2.75) is 26.4 Å². The summed E-state index contributed by atoms with van der Waals surface area (Å²) in [5.41, 5.74) is 2.09. The standard InChI is InChI=1S/C23H21ClN2O4/c1-14-11-19(21(27)25-20(23(29)30)17-8-4-3-5-9-17)22(28)26(15(14)2)13-16-7-6-10-18(24)12-16/h3-12,20H,13H2,1-2H3,(H,25,27)(H,29,30)/t20-/m0/s1. The molecule has 0 fully saturated rings. The third-order valence-electron chi connectivity index (χ3n) is 4.94. The average molecular weight is 425 g/mol. The van der Waals surface area contributed by atoms with E-state index < -0.39 is 23.5 Å². The first kappa shape index (κ1) is 21.3. The number of carbonyl (C=O) groups is 2. The van der Waals surface area contributed by atoms with Crippen molar-refractivity contribution in [1.82, 2.24) is 9.88 Å². The quantitative estimate of drug-likeness (QED) is 0.631. The van der Waals surface area contributed by atoms with Crippen molar-refractivity contribution in [2.75, 3.05) is 0 Å². The third-order valence-corrected chi connectivity index (χ3v) is 5.18. The first-order valence-electron chi connectivity index (χ1n) is 9.32. The number of aryl methyl sites for hydroxylation is 1. The lowest BCUT2D eigenvalue weighted by molar-refractivity contribution is -0.139. The van der Waals surface area contributed by atoms with Gasteiger partial charge in [-0.15, -0.1) is 0 Å². The van der Waals surface area contributed by atoms with Crippen molar-refractivity contribution in [3.63, 3.8) is 0 Å². The number of carbonyl (C=O) groups excluding carboxylic acids is 1. The summed E-state index contributed by atoms with van der Waals surface area (Å²) in [7, 11) is 0. The fourth-order valence-corrected chi connectivity index (χ4v) is 3.42. The highest BCUT2D eigenvalue weighted by atomic mass is 35.5. The number of benzene rings is 2. The van der Waals surface area contributed by atoms with Crippen LogP contribution < -0.4 is 10.9 Å². The Kier molecular flexibility index (Phi) is 6.37. The summed E-state index contributed by atoms with van der Waals surface area (Å²) in [4.78, 5) is 37.7. The molecule has 3 aromatic rings. The zero-order chi connectivity index (χ0) is 21.8. The van der Waals surface area contributed by atoms with Crippen LogP contribution in [-0.2, 0) is 11.3 Å². The summed E-state index contributed by atoms with van der Waals surface area (Å²) in [6.07, 6.45) is 0. The molecule has 3 rings (SSSR count). The summed E-state index contributed by atoms with van der Waals surface area (Å²) in [6.45, 7) is 3.84. The number of aromatic nitrogens is 1. The van der Waals surface area contributed by atoms with Crippen LogP contribution in [0.5, 0.6) is 0 Å². The van der Waals surface area contributed by atoms with E-state index in [-0.39, 0.29) is 12.1 Å². The average Bonchev–Trinajstić information content (AvgIpc) is 2.72. The molecule has 30 heavy (non-hydrogen) atoms. The van der Waals surface area contributed by atoms with E-state index in [9.17, 15) is 19.5 Å². The van der Waals surface area contributed by atoms with Crippen LogP contribution in [0.2, 0.25) is 5.02 Å². The van der Waals surface area contributed by atoms with Crippen molar-refractivity contribution >= 4 is 23.5 Å². The van der Waals surface area contributed by atoms with E-state index in [1.165, 1.54) is 10.6 Å². The Labute approximate surface area is 178 Å². The van der Waals surface area contributed by atoms with Crippen LogP contribution in [0.15, 0.2) is 65.5 Å². The van der Waals surface area contributed by atoms with Crippen LogP contribution in [0.25, 0.3) is 0 Å². The number of amides is 1. The monoisotopic (exact) mass is 424 g/mol. The van der Waals surface area contributed by atoms with Gasteiger partial charge in [-0.25, -0.2) is 4.79 Å². The van der Waals surface area contributed by atoms with E-state index in [1.54, 1.807) is 62.4 Å². The molecule has 0 saturated carbocycles. The van der Waals surface area contributed by atoms with E-state index in [0.29, 0.717) is 10.6 Å². The first-order chi connectivity index (χ1) is 14.3. The van der Waals surface area contributed by atoms with Gasteiger partial charge in [0.05, 0.1) is 6.54 Å². The van der Waals surface area contributed by atoms with Crippen LogP contribution in [0.3, 0.4) is 0 Å². The zero-order valence-corrected chi connectivity index (χ0v) is 17.3. The normalized spacial score (nSPS) is 11.7. The number of hydrogen-bond donors (Lipinski definition) is 2. The van der Waals surface area contributed by atoms with Crippen molar-refractivity contribution in [2.24, 2.45) is 0 Å². The topological polar surface area (TPSA) is 88.4 Å². The summed E-state index contributed by atoms with van der Waals surface area (Å²) in [6, 6.07) is 15.7. The summed E-state index contributed by atoms with van der Waals surface area (Å²) in [5.74, 6) is -1.95. The Hall–Kier alpha value is -3.38. The number of aliphatic carboxylic acids is 1. The number of halogens is 1. The summed E-state index contributed by atoms with van der Waals surface area (Å²) < 4.78 is 1.49. The predicted octanol–water partition coefficient (Wildman–Crippen LogP) is 3.72. The van der Waals surface area contributed by atoms with Gasteiger partial charge in [-0.05, 0) is 48.7 Å². The van der Waals surface area contributed by atoms with Crippen LogP contribution in [0.4, 0.5) is 0 Å². The van der Waals surface area contributed by atoms with Crippen molar-refractivity contribution in [3.8, 4) is 0 Å². The van der Waals surface area contributed by atoms with Crippen LogP contribution in [0.1, 0.15) is 38.8 Å². The molecule has 0 aliphatic rings. The van der Waals surface area contributed by atoms with Crippen LogP contribution >= 0.6 is 11.6 Å². The lowest BCUT2D eigenvalue weighted by atomic mass is 10.1. The maximum absolute atomic E-state index is 13.1. The molecule has 1 atom stereocenters. The lowest BCUT2D eigenvalue weighted by Crippen LogP contribution is -2.38. The number of hydrogen-bond acceptors (Lipinski definition) is 3.